The Balaban J connectivity index is 1.64. The molecule has 26 heavy (non-hydrogen) atoms. The Labute approximate surface area is 155 Å². The van der Waals surface area contributed by atoms with Crippen LogP contribution in [0.15, 0.2) is 47.8 Å². The van der Waals surface area contributed by atoms with Crippen LogP contribution >= 0.6 is 0 Å². The number of sulfonamides is 1. The van der Waals surface area contributed by atoms with Gasteiger partial charge in [0, 0.05) is 25.5 Å². The summed E-state index contributed by atoms with van der Waals surface area (Å²) in [6, 6.07) is 7.21. The molecule has 0 saturated carbocycles. The van der Waals surface area contributed by atoms with E-state index < -0.39 is 10.0 Å². The fraction of sp³-hybridized carbons (Fsp3) is 0.474. The molecule has 7 heteroatoms. The van der Waals surface area contributed by atoms with E-state index in [2.05, 4.69) is 30.7 Å². The second kappa shape index (κ2) is 7.32. The first kappa shape index (κ1) is 18.8. The molecule has 2 aromatic rings. The first-order valence-corrected chi connectivity index (χ1v) is 10.2. The zero-order valence-electron chi connectivity index (χ0n) is 15.4. The van der Waals surface area contributed by atoms with Crippen molar-refractivity contribution in [3.63, 3.8) is 0 Å². The molecule has 0 atom stereocenters. The first-order valence-electron chi connectivity index (χ1n) is 8.80. The molecular weight excluding hydrogens is 350 g/mol. The summed E-state index contributed by atoms with van der Waals surface area (Å²) in [5, 5.41) is 0. The molecular formula is C19H25N3O3S. The Morgan fingerprint density at radius 2 is 1.73 bits per heavy atom. The molecule has 1 aromatic carbocycles. The van der Waals surface area contributed by atoms with Crippen LogP contribution in [0.4, 0.5) is 0 Å². The Morgan fingerprint density at radius 3 is 2.27 bits per heavy atom. The number of hydrogen-bond donors (Lipinski definition) is 0. The maximum absolute atomic E-state index is 12.9. The summed E-state index contributed by atoms with van der Waals surface area (Å²) in [5.74, 6) is 0.478. The fourth-order valence-corrected chi connectivity index (χ4v) is 4.45. The van der Waals surface area contributed by atoms with E-state index in [1.165, 1.54) is 4.31 Å². The van der Waals surface area contributed by atoms with Crippen LogP contribution in [-0.2, 0) is 15.4 Å². The monoisotopic (exact) mass is 375 g/mol. The van der Waals surface area contributed by atoms with Crippen LogP contribution in [0.1, 0.15) is 39.2 Å². The molecule has 1 aliphatic heterocycles. The molecule has 0 amide bonds. The Hall–Kier alpha value is -1.99. The van der Waals surface area contributed by atoms with Gasteiger partial charge in [-0.15, -0.1) is 0 Å². The van der Waals surface area contributed by atoms with E-state index in [1.807, 2.05) is 12.1 Å². The van der Waals surface area contributed by atoms with Crippen LogP contribution in [0.25, 0.3) is 0 Å². The topological polar surface area (TPSA) is 72.4 Å². The average molecular weight is 375 g/mol. The molecule has 0 bridgehead atoms. The van der Waals surface area contributed by atoms with Crippen molar-refractivity contribution in [1.29, 1.82) is 0 Å². The summed E-state index contributed by atoms with van der Waals surface area (Å²) in [6.45, 7) is 7.21. The van der Waals surface area contributed by atoms with E-state index in [1.54, 1.807) is 30.7 Å². The number of rotatable bonds is 4. The van der Waals surface area contributed by atoms with Crippen molar-refractivity contribution in [3.8, 4) is 5.88 Å². The van der Waals surface area contributed by atoms with Crippen molar-refractivity contribution in [3.05, 3.63) is 48.4 Å². The molecule has 1 aromatic heterocycles. The van der Waals surface area contributed by atoms with E-state index >= 15 is 0 Å². The third kappa shape index (κ3) is 4.22. The lowest BCUT2D eigenvalue weighted by Crippen LogP contribution is -2.41. The molecule has 1 aliphatic rings. The van der Waals surface area contributed by atoms with Gasteiger partial charge in [-0.25, -0.2) is 13.4 Å². The molecule has 3 rings (SSSR count). The summed E-state index contributed by atoms with van der Waals surface area (Å²) < 4.78 is 33.1. The van der Waals surface area contributed by atoms with Gasteiger partial charge in [-0.05, 0) is 36.0 Å². The number of hydrogen-bond acceptors (Lipinski definition) is 5. The number of benzene rings is 1. The third-order valence-electron chi connectivity index (χ3n) is 4.59. The molecule has 1 fully saturated rings. The van der Waals surface area contributed by atoms with Crippen LogP contribution in [-0.4, -0.2) is 41.9 Å². The average Bonchev–Trinajstić information content (AvgIpc) is 2.62. The van der Waals surface area contributed by atoms with Gasteiger partial charge in [0.25, 0.3) is 0 Å². The van der Waals surface area contributed by atoms with Crippen molar-refractivity contribution in [2.24, 2.45) is 0 Å². The summed E-state index contributed by atoms with van der Waals surface area (Å²) >= 11 is 0. The number of aromatic nitrogens is 2. The highest BCUT2D eigenvalue weighted by Gasteiger charge is 2.30. The largest absolute Gasteiger partial charge is 0.473 e. The first-order chi connectivity index (χ1) is 12.3. The molecule has 140 valence electrons. The van der Waals surface area contributed by atoms with Crippen LogP contribution in [0.2, 0.25) is 0 Å². The van der Waals surface area contributed by atoms with Gasteiger partial charge in [0.15, 0.2) is 0 Å². The van der Waals surface area contributed by atoms with Crippen LogP contribution in [0, 0.1) is 0 Å². The summed E-state index contributed by atoms with van der Waals surface area (Å²) in [5.41, 5.74) is 1.12. The quantitative estimate of drug-likeness (QED) is 0.821. The van der Waals surface area contributed by atoms with Gasteiger partial charge in [-0.3, -0.25) is 4.98 Å². The van der Waals surface area contributed by atoms with E-state index in [0.717, 1.165) is 5.56 Å². The molecule has 2 heterocycles. The van der Waals surface area contributed by atoms with Crippen LogP contribution in [0.3, 0.4) is 0 Å². The molecule has 1 saturated heterocycles. The van der Waals surface area contributed by atoms with Gasteiger partial charge >= 0.3 is 0 Å². The standard InChI is InChI=1S/C19H25N3O3S/c1-19(2,3)15-4-6-17(7-5-15)26(23,24)22-12-8-16(9-13-22)25-18-14-20-10-11-21-18/h4-7,10-11,14,16H,8-9,12-13H2,1-3H3. The van der Waals surface area contributed by atoms with Gasteiger partial charge in [-0.1, -0.05) is 32.9 Å². The smallest absolute Gasteiger partial charge is 0.243 e. The maximum atomic E-state index is 12.9. The lowest BCUT2D eigenvalue weighted by atomic mass is 9.87. The zero-order valence-corrected chi connectivity index (χ0v) is 16.2. The summed E-state index contributed by atoms with van der Waals surface area (Å²) in [4.78, 5) is 8.42. The van der Waals surface area contributed by atoms with Crippen molar-refractivity contribution in [2.75, 3.05) is 13.1 Å². The van der Waals surface area contributed by atoms with E-state index in [9.17, 15) is 8.42 Å². The highest BCUT2D eigenvalue weighted by atomic mass is 32.2. The van der Waals surface area contributed by atoms with Gasteiger partial charge in [0.1, 0.15) is 6.10 Å². The predicted octanol–water partition coefficient (Wildman–Crippen LogP) is 3.01. The van der Waals surface area contributed by atoms with Gasteiger partial charge in [0.2, 0.25) is 15.9 Å². The van der Waals surface area contributed by atoms with Gasteiger partial charge in [-0.2, -0.15) is 4.31 Å². The number of nitrogens with zero attached hydrogens (tertiary/aromatic N) is 3. The van der Waals surface area contributed by atoms with Gasteiger partial charge < -0.3 is 4.74 Å². The van der Waals surface area contributed by atoms with E-state index in [0.29, 0.717) is 36.7 Å². The third-order valence-corrected chi connectivity index (χ3v) is 6.50. The Kier molecular flexibility index (Phi) is 5.29. The lowest BCUT2D eigenvalue weighted by Gasteiger charge is -2.31. The van der Waals surface area contributed by atoms with Crippen LogP contribution < -0.4 is 4.74 Å². The zero-order chi connectivity index (χ0) is 18.8. The number of piperidine rings is 1. The molecule has 0 N–H and O–H groups in total. The van der Waals surface area contributed by atoms with E-state index in [-0.39, 0.29) is 11.5 Å². The van der Waals surface area contributed by atoms with Crippen molar-refractivity contribution < 1.29 is 13.2 Å². The minimum atomic E-state index is -3.47. The van der Waals surface area contributed by atoms with Crippen LogP contribution in [0.5, 0.6) is 5.88 Å². The lowest BCUT2D eigenvalue weighted by molar-refractivity contribution is 0.129. The Bertz CT molecular complexity index is 823. The maximum Gasteiger partial charge on any atom is 0.243 e. The van der Waals surface area contributed by atoms with Crippen molar-refractivity contribution in [1.82, 2.24) is 14.3 Å². The fourth-order valence-electron chi connectivity index (χ4n) is 2.98. The SMILES string of the molecule is CC(C)(C)c1ccc(S(=O)(=O)N2CCC(Oc3cnccn3)CC2)cc1. The van der Waals surface area contributed by atoms with Crippen molar-refractivity contribution >= 4 is 10.0 Å². The molecule has 0 aliphatic carbocycles. The Morgan fingerprint density at radius 1 is 1.08 bits per heavy atom. The normalized spacial score (nSPS) is 17.2. The summed E-state index contributed by atoms with van der Waals surface area (Å²) in [7, 11) is -3.47. The highest BCUT2D eigenvalue weighted by molar-refractivity contribution is 7.89. The van der Waals surface area contributed by atoms with E-state index in [4.69, 9.17) is 4.74 Å². The molecule has 0 radical (unpaired) electrons. The second-order valence-electron chi connectivity index (χ2n) is 7.54. The van der Waals surface area contributed by atoms with Gasteiger partial charge in [0.05, 0.1) is 11.1 Å². The molecule has 6 nitrogen and oxygen atoms in total. The minimum absolute atomic E-state index is 0.00168. The molecule has 0 unspecified atom stereocenters. The minimum Gasteiger partial charge on any atom is -0.473 e. The van der Waals surface area contributed by atoms with Crippen molar-refractivity contribution in [2.45, 2.75) is 50.0 Å². The second-order valence-corrected chi connectivity index (χ2v) is 9.48. The molecule has 0 spiro atoms. The number of ether oxygens (including phenoxy) is 1. The predicted molar refractivity (Wildman–Crippen MR) is 99.6 cm³/mol. The highest BCUT2D eigenvalue weighted by Crippen LogP contribution is 2.26. The summed E-state index contributed by atoms with van der Waals surface area (Å²) in [6.07, 6.45) is 5.97.